The van der Waals surface area contributed by atoms with Gasteiger partial charge in [0.1, 0.15) is 6.04 Å². The maximum absolute atomic E-state index is 12.1. The lowest BCUT2D eigenvalue weighted by atomic mass is 10.2. The summed E-state index contributed by atoms with van der Waals surface area (Å²) in [6.07, 6.45) is -0.495. The van der Waals surface area contributed by atoms with Crippen molar-refractivity contribution in [2.75, 3.05) is 45.9 Å². The number of nitrogens with zero attached hydrogens (tertiary/aromatic N) is 2. The molecule has 1 aliphatic heterocycles. The number of hydrogen-bond donors (Lipinski definition) is 2. The Balaban J connectivity index is 2.31. The molecule has 1 heterocycles. The van der Waals surface area contributed by atoms with E-state index in [9.17, 15) is 14.7 Å². The molecule has 0 saturated carbocycles. The van der Waals surface area contributed by atoms with Crippen LogP contribution in [0.15, 0.2) is 0 Å². The molecule has 0 aromatic carbocycles. The molecule has 2 N–H and O–H groups in total. The standard InChI is InChI=1S/C14H27N3O4/c1-4-21-10-13(19)9-16-5-7-17(8-6-16)14(20)11(2)15-12(3)18/h11,13,19H,4-10H2,1-3H3,(H,15,18)/t11-,13+/m1/s1. The molecule has 1 aliphatic rings. The zero-order valence-electron chi connectivity index (χ0n) is 13.2. The highest BCUT2D eigenvalue weighted by Gasteiger charge is 2.25. The Hall–Kier alpha value is -1.18. The number of amides is 2. The fraction of sp³-hybridized carbons (Fsp3) is 0.857. The quantitative estimate of drug-likeness (QED) is 0.634. The molecule has 0 spiro atoms. The topological polar surface area (TPSA) is 82.1 Å². The lowest BCUT2D eigenvalue weighted by Gasteiger charge is -2.36. The molecule has 0 bridgehead atoms. The second-order valence-electron chi connectivity index (χ2n) is 5.36. The molecule has 0 unspecified atom stereocenters. The molecule has 2 atom stereocenters. The van der Waals surface area contributed by atoms with Gasteiger partial charge in [0.15, 0.2) is 0 Å². The molecule has 0 aliphatic carbocycles. The van der Waals surface area contributed by atoms with E-state index in [2.05, 4.69) is 10.2 Å². The molecule has 2 amide bonds. The number of β-amino-alcohol motifs (C(OH)–C–C–N with tert-alkyl or cyclic N) is 1. The third kappa shape index (κ3) is 6.41. The Kier molecular flexibility index (Phi) is 7.63. The summed E-state index contributed by atoms with van der Waals surface area (Å²) in [7, 11) is 0. The van der Waals surface area contributed by atoms with Crippen molar-refractivity contribution in [1.29, 1.82) is 0 Å². The van der Waals surface area contributed by atoms with Gasteiger partial charge in [0.05, 0.1) is 12.7 Å². The molecule has 1 saturated heterocycles. The normalized spacial score (nSPS) is 19.1. The summed E-state index contributed by atoms with van der Waals surface area (Å²) in [6.45, 7) is 9.17. The van der Waals surface area contributed by atoms with Crippen LogP contribution in [-0.4, -0.2) is 84.8 Å². The van der Waals surface area contributed by atoms with Crippen LogP contribution < -0.4 is 5.32 Å². The molecule has 0 radical (unpaired) electrons. The number of hydrogen-bond acceptors (Lipinski definition) is 5. The van der Waals surface area contributed by atoms with Crippen molar-refractivity contribution in [2.24, 2.45) is 0 Å². The first-order valence-corrected chi connectivity index (χ1v) is 7.48. The van der Waals surface area contributed by atoms with Gasteiger partial charge < -0.3 is 20.1 Å². The minimum absolute atomic E-state index is 0.0558. The van der Waals surface area contributed by atoms with Gasteiger partial charge in [-0.25, -0.2) is 0 Å². The van der Waals surface area contributed by atoms with Gasteiger partial charge in [-0.1, -0.05) is 0 Å². The maximum Gasteiger partial charge on any atom is 0.244 e. The zero-order chi connectivity index (χ0) is 15.8. The summed E-state index contributed by atoms with van der Waals surface area (Å²) >= 11 is 0. The fourth-order valence-corrected chi connectivity index (χ4v) is 2.40. The van der Waals surface area contributed by atoms with E-state index in [1.807, 2.05) is 6.92 Å². The van der Waals surface area contributed by atoms with Crippen LogP contribution in [0.3, 0.4) is 0 Å². The summed E-state index contributed by atoms with van der Waals surface area (Å²) in [5.74, 6) is -0.256. The van der Waals surface area contributed by atoms with E-state index < -0.39 is 12.1 Å². The van der Waals surface area contributed by atoms with E-state index in [0.29, 0.717) is 32.8 Å². The highest BCUT2D eigenvalue weighted by atomic mass is 16.5. The van der Waals surface area contributed by atoms with Gasteiger partial charge >= 0.3 is 0 Å². The molecule has 1 rings (SSSR count). The Bertz CT molecular complexity index is 343. The Morgan fingerprint density at radius 3 is 2.43 bits per heavy atom. The van der Waals surface area contributed by atoms with Crippen molar-refractivity contribution in [3.05, 3.63) is 0 Å². The number of piperazine rings is 1. The van der Waals surface area contributed by atoms with Gasteiger partial charge in [-0.15, -0.1) is 0 Å². The second-order valence-corrected chi connectivity index (χ2v) is 5.36. The van der Waals surface area contributed by atoms with Crippen LogP contribution in [0.2, 0.25) is 0 Å². The van der Waals surface area contributed by atoms with Crippen molar-refractivity contribution in [2.45, 2.75) is 32.9 Å². The molecule has 1 fully saturated rings. The van der Waals surface area contributed by atoms with Crippen molar-refractivity contribution < 1.29 is 19.4 Å². The fourth-order valence-electron chi connectivity index (χ4n) is 2.40. The highest BCUT2D eigenvalue weighted by molar-refractivity contribution is 5.86. The lowest BCUT2D eigenvalue weighted by molar-refractivity contribution is -0.137. The highest BCUT2D eigenvalue weighted by Crippen LogP contribution is 2.05. The van der Waals surface area contributed by atoms with Gasteiger partial charge in [-0.3, -0.25) is 14.5 Å². The van der Waals surface area contributed by atoms with Gasteiger partial charge in [-0.2, -0.15) is 0 Å². The van der Waals surface area contributed by atoms with Gasteiger partial charge in [-0.05, 0) is 13.8 Å². The number of aliphatic hydroxyl groups is 1. The SMILES string of the molecule is CCOC[C@@H](O)CN1CCN(C(=O)[C@@H](C)NC(C)=O)CC1. The summed E-state index contributed by atoms with van der Waals surface area (Å²) in [6, 6.07) is -0.488. The van der Waals surface area contributed by atoms with Crippen LogP contribution >= 0.6 is 0 Å². The molecule has 21 heavy (non-hydrogen) atoms. The number of rotatable bonds is 7. The summed E-state index contributed by atoms with van der Waals surface area (Å²) in [4.78, 5) is 27.0. The van der Waals surface area contributed by atoms with Crippen molar-refractivity contribution in [1.82, 2.24) is 15.1 Å². The Morgan fingerprint density at radius 1 is 1.29 bits per heavy atom. The zero-order valence-corrected chi connectivity index (χ0v) is 13.2. The van der Waals surface area contributed by atoms with Crippen molar-refractivity contribution in [3.63, 3.8) is 0 Å². The van der Waals surface area contributed by atoms with E-state index in [4.69, 9.17) is 4.74 Å². The monoisotopic (exact) mass is 301 g/mol. The van der Waals surface area contributed by atoms with Crippen LogP contribution in [0.25, 0.3) is 0 Å². The first-order valence-electron chi connectivity index (χ1n) is 7.48. The third-order valence-corrected chi connectivity index (χ3v) is 3.46. The molecular weight excluding hydrogens is 274 g/mol. The molecule has 122 valence electrons. The first-order chi connectivity index (χ1) is 9.93. The minimum Gasteiger partial charge on any atom is -0.389 e. The molecule has 0 aromatic heterocycles. The molecule has 7 nitrogen and oxygen atoms in total. The number of carbonyl (C=O) groups is 2. The smallest absolute Gasteiger partial charge is 0.244 e. The van der Waals surface area contributed by atoms with Crippen molar-refractivity contribution >= 4 is 11.8 Å². The number of nitrogens with one attached hydrogen (secondary N) is 1. The van der Waals surface area contributed by atoms with E-state index >= 15 is 0 Å². The third-order valence-electron chi connectivity index (χ3n) is 3.46. The molecule has 0 aromatic rings. The number of carbonyl (C=O) groups excluding carboxylic acids is 2. The van der Waals surface area contributed by atoms with E-state index in [0.717, 1.165) is 13.1 Å². The Morgan fingerprint density at radius 2 is 1.90 bits per heavy atom. The maximum atomic E-state index is 12.1. The largest absolute Gasteiger partial charge is 0.389 e. The minimum atomic E-state index is -0.495. The predicted octanol–water partition coefficient (Wildman–Crippen LogP) is -0.947. The van der Waals surface area contributed by atoms with E-state index in [-0.39, 0.29) is 11.8 Å². The Labute approximate surface area is 126 Å². The van der Waals surface area contributed by atoms with Gasteiger partial charge in [0.2, 0.25) is 11.8 Å². The van der Waals surface area contributed by atoms with E-state index in [1.54, 1.807) is 11.8 Å². The van der Waals surface area contributed by atoms with Gasteiger partial charge in [0.25, 0.3) is 0 Å². The molecule has 7 heteroatoms. The summed E-state index contributed by atoms with van der Waals surface area (Å²) < 4.78 is 5.18. The summed E-state index contributed by atoms with van der Waals surface area (Å²) in [5.41, 5.74) is 0. The first kappa shape index (κ1) is 17.9. The van der Waals surface area contributed by atoms with Crippen LogP contribution in [-0.2, 0) is 14.3 Å². The second kappa shape index (κ2) is 8.96. The van der Waals surface area contributed by atoms with E-state index in [1.165, 1.54) is 6.92 Å². The van der Waals surface area contributed by atoms with Crippen molar-refractivity contribution in [3.8, 4) is 0 Å². The molecular formula is C14H27N3O4. The number of aliphatic hydroxyl groups excluding tert-OH is 1. The average Bonchev–Trinajstić information content (AvgIpc) is 2.44. The van der Waals surface area contributed by atoms with Crippen LogP contribution in [0.5, 0.6) is 0 Å². The lowest BCUT2D eigenvalue weighted by Crippen LogP contribution is -2.55. The predicted molar refractivity (Wildman–Crippen MR) is 78.8 cm³/mol. The summed E-state index contributed by atoms with van der Waals surface area (Å²) in [5, 5.41) is 12.4. The number of ether oxygens (including phenoxy) is 1. The van der Waals surface area contributed by atoms with Crippen LogP contribution in [0.4, 0.5) is 0 Å². The average molecular weight is 301 g/mol. The van der Waals surface area contributed by atoms with Gasteiger partial charge in [0, 0.05) is 46.3 Å². The van der Waals surface area contributed by atoms with Crippen LogP contribution in [0.1, 0.15) is 20.8 Å². The van der Waals surface area contributed by atoms with Crippen LogP contribution in [0, 0.1) is 0 Å².